The van der Waals surface area contributed by atoms with Crippen molar-refractivity contribution in [3.8, 4) is 11.6 Å². The van der Waals surface area contributed by atoms with Crippen molar-refractivity contribution in [2.24, 2.45) is 13.0 Å². The van der Waals surface area contributed by atoms with Crippen molar-refractivity contribution in [3.63, 3.8) is 0 Å². The van der Waals surface area contributed by atoms with Gasteiger partial charge < -0.3 is 14.8 Å². The van der Waals surface area contributed by atoms with Gasteiger partial charge in [-0.2, -0.15) is 63.5 Å². The molecule has 0 spiro atoms. The van der Waals surface area contributed by atoms with Crippen LogP contribution in [0.3, 0.4) is 0 Å². The zero-order valence-corrected chi connectivity index (χ0v) is 36.0. The maximum Gasteiger partial charge on any atom is 0.460 e. The maximum atomic E-state index is 15.4. The number of pyridine rings is 1. The van der Waals surface area contributed by atoms with Gasteiger partial charge in [-0.15, -0.1) is 0 Å². The molecule has 0 radical (unpaired) electrons. The molecule has 0 saturated heterocycles. The number of rotatable bonds is 15. The Labute approximate surface area is 379 Å². The van der Waals surface area contributed by atoms with Crippen LogP contribution in [0.5, 0.6) is 5.88 Å². The van der Waals surface area contributed by atoms with Gasteiger partial charge in [-0.1, -0.05) is 30.5 Å². The summed E-state index contributed by atoms with van der Waals surface area (Å²) < 4.78 is 221. The first-order valence-electron chi connectivity index (χ1n) is 19.2. The highest BCUT2D eigenvalue weighted by Crippen LogP contribution is 2.53. The number of benzene rings is 2. The second-order valence-electron chi connectivity index (χ2n) is 15.3. The molecule has 0 fully saturated rings. The number of carbonyl (C=O) groups excluding carboxylic acids is 1. The van der Waals surface area contributed by atoms with Crippen molar-refractivity contribution in [2.45, 2.75) is 68.6 Å². The minimum Gasteiger partial charge on any atom is -0.471 e. The summed E-state index contributed by atoms with van der Waals surface area (Å²) in [5.74, 6) is -31.3. The van der Waals surface area contributed by atoms with E-state index in [1.165, 1.54) is 23.9 Å². The van der Waals surface area contributed by atoms with E-state index in [4.69, 9.17) is 11.6 Å². The molecule has 0 bridgehead atoms. The number of aryl methyl sites for hydroxylation is 1. The van der Waals surface area contributed by atoms with Gasteiger partial charge in [-0.05, 0) is 42.3 Å². The summed E-state index contributed by atoms with van der Waals surface area (Å²) >= 11 is 7.64. The molecule has 68 heavy (non-hydrogen) atoms. The molecule has 1 aliphatic carbocycles. The van der Waals surface area contributed by atoms with Crippen LogP contribution in [0.1, 0.15) is 47.7 Å². The van der Waals surface area contributed by atoms with Crippen LogP contribution in [0.4, 0.5) is 71.7 Å². The van der Waals surface area contributed by atoms with E-state index in [0.717, 1.165) is 41.6 Å². The fourth-order valence-electron chi connectivity index (χ4n) is 7.58. The molecular formula is C39H29ClF15N9O3S. The number of hydrogen-bond donors (Lipinski definition) is 2. The average Bonchev–Trinajstić information content (AvgIpc) is 3.84. The summed E-state index contributed by atoms with van der Waals surface area (Å²) in [6.07, 6.45) is -10.2. The molecule has 7 rings (SSSR count). The monoisotopic (exact) mass is 1020 g/mol. The Kier molecular flexibility index (Phi) is 12.9. The Morgan fingerprint density at radius 1 is 0.971 bits per heavy atom. The molecule has 2 atom stereocenters. The van der Waals surface area contributed by atoms with E-state index < -0.39 is 137 Å². The van der Waals surface area contributed by atoms with E-state index in [-0.39, 0.29) is 33.0 Å². The van der Waals surface area contributed by atoms with Crippen molar-refractivity contribution in [2.75, 3.05) is 17.6 Å². The number of nitrogens with zero attached hydrogens (tertiary/aromatic N) is 7. The van der Waals surface area contributed by atoms with Gasteiger partial charge in [-0.25, -0.2) is 22.5 Å². The summed E-state index contributed by atoms with van der Waals surface area (Å²) in [7, 11) is 1.41. The van der Waals surface area contributed by atoms with Crippen LogP contribution >= 0.6 is 23.5 Å². The lowest BCUT2D eigenvalue weighted by molar-refractivity contribution is -0.398. The van der Waals surface area contributed by atoms with Gasteiger partial charge in [0.1, 0.15) is 35.4 Å². The zero-order chi connectivity index (χ0) is 50.2. The summed E-state index contributed by atoms with van der Waals surface area (Å²) in [6, 6.07) is 3.97. The van der Waals surface area contributed by atoms with Crippen LogP contribution in [0.2, 0.25) is 5.02 Å². The number of fused-ring (bicyclic) bond motifs is 3. The molecule has 29 heteroatoms. The molecule has 2 unspecified atom stereocenters. The predicted molar refractivity (Wildman–Crippen MR) is 213 cm³/mol. The lowest BCUT2D eigenvalue weighted by Gasteiger charge is -2.33. The third-order valence-corrected chi connectivity index (χ3v) is 11.4. The lowest BCUT2D eigenvalue weighted by Crippen LogP contribution is -2.62. The van der Waals surface area contributed by atoms with Gasteiger partial charge in [0.15, 0.2) is 18.1 Å². The van der Waals surface area contributed by atoms with E-state index in [9.17, 15) is 66.7 Å². The van der Waals surface area contributed by atoms with Crippen molar-refractivity contribution >= 4 is 57.2 Å². The fraction of sp³-hybridized carbons (Fsp3) is 0.385. The second kappa shape index (κ2) is 17.5. The molecule has 2 N–H and O–H groups in total. The van der Waals surface area contributed by atoms with Crippen LogP contribution in [-0.4, -0.2) is 76.8 Å². The zero-order valence-electron chi connectivity index (χ0n) is 34.4. The fourth-order valence-corrected chi connectivity index (χ4v) is 8.16. The number of aromatic nitrogens is 7. The molecule has 0 saturated carbocycles. The normalized spacial score (nSPS) is 15.9. The first kappa shape index (κ1) is 50.0. The third-order valence-electron chi connectivity index (χ3n) is 10.7. The number of amides is 1. The van der Waals surface area contributed by atoms with E-state index in [2.05, 4.69) is 34.9 Å². The Hall–Kier alpha value is -5.93. The van der Waals surface area contributed by atoms with Crippen molar-refractivity contribution in [3.05, 3.63) is 97.8 Å². The van der Waals surface area contributed by atoms with Crippen molar-refractivity contribution < 1.29 is 75.4 Å². The quantitative estimate of drug-likeness (QED) is 0.0762. The molecule has 1 amide bonds. The smallest absolute Gasteiger partial charge is 0.460 e. The standard InChI is InChI=1S/C39H29ClF15N9O3S/c1-15-8-20-27(30(43)44)59-63(29(20)36(15,47)48)13-24(65)56-22(11-16-9-17(41)12-18(42)10-16)33-58-31-19(4-7-25(57-31)67-14-35(45,46)37(49,50)38(51,52)39(53,54)55)34(66)64(33)23-6-5-21(40)26-28(23)62(2)60-32(26)61-68-3/h4-7,9-10,12,15,22,30H,8,11,13-14H2,1-3H3,(H,56,65)(H,60,61). The van der Waals surface area contributed by atoms with Crippen LogP contribution in [0.15, 0.2) is 47.3 Å². The van der Waals surface area contributed by atoms with Gasteiger partial charge in [0.25, 0.3) is 17.9 Å². The van der Waals surface area contributed by atoms with Gasteiger partial charge in [-0.3, -0.25) is 23.5 Å². The van der Waals surface area contributed by atoms with Crippen LogP contribution in [-0.2, 0) is 37.2 Å². The van der Waals surface area contributed by atoms with Crippen LogP contribution in [0, 0.1) is 17.6 Å². The number of halogens is 16. The summed E-state index contributed by atoms with van der Waals surface area (Å²) in [5, 5.41) is 9.94. The van der Waals surface area contributed by atoms with Gasteiger partial charge >= 0.3 is 23.9 Å². The van der Waals surface area contributed by atoms with E-state index >= 15 is 8.78 Å². The first-order valence-corrected chi connectivity index (χ1v) is 20.8. The van der Waals surface area contributed by atoms with Crippen LogP contribution < -0.4 is 20.3 Å². The van der Waals surface area contributed by atoms with E-state index in [1.54, 1.807) is 6.26 Å². The highest BCUT2D eigenvalue weighted by atomic mass is 35.5. The Balaban J connectivity index is 1.42. The Morgan fingerprint density at radius 3 is 2.25 bits per heavy atom. The number of anilines is 1. The number of carbonyl (C=O) groups is 1. The van der Waals surface area contributed by atoms with Gasteiger partial charge in [0.05, 0.1) is 33.0 Å². The summed E-state index contributed by atoms with van der Waals surface area (Å²) in [4.78, 5) is 36.8. The number of nitrogens with one attached hydrogen (secondary N) is 2. The van der Waals surface area contributed by atoms with Crippen LogP contribution in [0.25, 0.3) is 27.6 Å². The average molecular weight is 1020 g/mol. The SMILES string of the molecule is CSNc1nn(C)c2c(-n3c(C(Cc4cc(F)cc(F)c4)NC(=O)Cn4nc(C(F)F)c5c4C(F)(F)C(C)C5)nc4nc(OCC(F)(F)C(F)(F)C(F)(F)C(F)(F)F)ccc4c3=O)ccc(Cl)c12. The topological polar surface area (TPSA) is 134 Å². The molecular weight excluding hydrogens is 995 g/mol. The highest BCUT2D eigenvalue weighted by molar-refractivity contribution is 7.99. The molecule has 0 aliphatic heterocycles. The molecule has 12 nitrogen and oxygen atoms in total. The minimum absolute atomic E-state index is 0.0511. The van der Waals surface area contributed by atoms with E-state index in [1.807, 2.05) is 0 Å². The molecule has 1 aliphatic rings. The highest BCUT2D eigenvalue weighted by Gasteiger charge is 2.82. The van der Waals surface area contributed by atoms with Gasteiger partial charge in [0, 0.05) is 43.3 Å². The lowest BCUT2D eigenvalue weighted by atomic mass is 10.0. The number of ether oxygens (including phenoxy) is 1. The molecule has 4 heterocycles. The Bertz CT molecular complexity index is 3000. The van der Waals surface area contributed by atoms with Crippen molar-refractivity contribution in [1.29, 1.82) is 0 Å². The van der Waals surface area contributed by atoms with Gasteiger partial charge in [0.2, 0.25) is 11.8 Å². The number of alkyl halides is 13. The first-order chi connectivity index (χ1) is 31.5. The van der Waals surface area contributed by atoms with E-state index in [0.29, 0.717) is 16.8 Å². The third kappa shape index (κ3) is 8.61. The molecule has 6 aromatic rings. The Morgan fingerprint density at radius 2 is 1.63 bits per heavy atom. The summed E-state index contributed by atoms with van der Waals surface area (Å²) in [6.45, 7) is -3.00. The maximum absolute atomic E-state index is 15.4. The second-order valence-corrected chi connectivity index (χ2v) is 16.4. The largest absolute Gasteiger partial charge is 0.471 e. The van der Waals surface area contributed by atoms with Crippen molar-refractivity contribution in [1.82, 2.24) is 39.4 Å². The molecule has 4 aromatic heterocycles. The predicted octanol–water partition coefficient (Wildman–Crippen LogP) is 9.65. The minimum atomic E-state index is -7.26. The summed E-state index contributed by atoms with van der Waals surface area (Å²) in [5.41, 5.74) is -5.01. The molecule has 366 valence electrons. The molecule has 2 aromatic carbocycles. The number of hydrogen-bond acceptors (Lipinski definition) is 9.